The van der Waals surface area contributed by atoms with E-state index in [1.807, 2.05) is 24.4 Å². The third-order valence-corrected chi connectivity index (χ3v) is 5.52. The third-order valence-electron chi connectivity index (χ3n) is 5.52. The van der Waals surface area contributed by atoms with Gasteiger partial charge in [-0.2, -0.15) is 5.10 Å². The Bertz CT molecular complexity index is 955. The number of aromatic nitrogens is 2. The lowest BCUT2D eigenvalue weighted by Gasteiger charge is -2.20. The number of ether oxygens (including phenoxy) is 1. The van der Waals surface area contributed by atoms with Gasteiger partial charge in [-0.25, -0.2) is 0 Å². The Labute approximate surface area is 164 Å². The van der Waals surface area contributed by atoms with E-state index in [1.165, 1.54) is 25.7 Å². The zero-order valence-electron chi connectivity index (χ0n) is 16.0. The molecule has 0 spiro atoms. The van der Waals surface area contributed by atoms with Gasteiger partial charge >= 0.3 is 5.97 Å². The van der Waals surface area contributed by atoms with Crippen LogP contribution in [0.1, 0.15) is 50.5 Å². The van der Waals surface area contributed by atoms with Crippen LogP contribution in [0.25, 0.3) is 22.0 Å². The molecule has 3 aromatic rings. The molecule has 0 unspecified atom stereocenters. The van der Waals surface area contributed by atoms with Gasteiger partial charge in [0, 0.05) is 17.4 Å². The summed E-state index contributed by atoms with van der Waals surface area (Å²) < 4.78 is 6.46. The summed E-state index contributed by atoms with van der Waals surface area (Å²) in [5, 5.41) is 17.2. The average Bonchev–Trinajstić information content (AvgIpc) is 3.02. The summed E-state index contributed by atoms with van der Waals surface area (Å²) in [5.74, 6) is 0.106. The molecule has 0 amide bonds. The van der Waals surface area contributed by atoms with Crippen molar-refractivity contribution < 1.29 is 14.6 Å². The summed E-state index contributed by atoms with van der Waals surface area (Å²) in [4.78, 5) is 11.0. The standard InChI is InChI=1S/C23H26N2O3/c26-23(27)12-8-16-7-11-22(28-19-5-3-1-2-4-6-19)20(13-16)17-9-10-21-18(14-17)15-24-25-21/h7,9-11,13-15,19H,1-6,8,12H2,(H,24,25)(H,26,27). The minimum absolute atomic E-state index is 0.128. The van der Waals surface area contributed by atoms with Crippen LogP contribution in [0.2, 0.25) is 0 Å². The molecule has 2 aromatic carbocycles. The Morgan fingerprint density at radius 3 is 2.71 bits per heavy atom. The maximum atomic E-state index is 11.0. The first-order chi connectivity index (χ1) is 13.7. The molecule has 1 aliphatic carbocycles. The summed E-state index contributed by atoms with van der Waals surface area (Å²) >= 11 is 0. The molecule has 146 valence electrons. The molecular formula is C23H26N2O3. The molecular weight excluding hydrogens is 352 g/mol. The van der Waals surface area contributed by atoms with Crippen LogP contribution >= 0.6 is 0 Å². The highest BCUT2D eigenvalue weighted by Gasteiger charge is 2.17. The fourth-order valence-electron chi connectivity index (χ4n) is 3.96. The number of rotatable bonds is 6. The second kappa shape index (κ2) is 8.46. The molecule has 1 saturated carbocycles. The van der Waals surface area contributed by atoms with Crippen LogP contribution in [0.5, 0.6) is 5.75 Å². The van der Waals surface area contributed by atoms with Crippen LogP contribution in [0, 0.1) is 0 Å². The van der Waals surface area contributed by atoms with Gasteiger partial charge in [0.15, 0.2) is 0 Å². The molecule has 0 atom stereocenters. The van der Waals surface area contributed by atoms with Crippen molar-refractivity contribution in [3.63, 3.8) is 0 Å². The van der Waals surface area contributed by atoms with E-state index in [2.05, 4.69) is 28.4 Å². The van der Waals surface area contributed by atoms with Crippen LogP contribution in [-0.4, -0.2) is 27.4 Å². The number of carbonyl (C=O) groups is 1. The molecule has 1 heterocycles. The van der Waals surface area contributed by atoms with Crippen molar-refractivity contribution in [3.8, 4) is 16.9 Å². The van der Waals surface area contributed by atoms with Gasteiger partial charge in [0.2, 0.25) is 0 Å². The van der Waals surface area contributed by atoms with Crippen LogP contribution in [0.4, 0.5) is 0 Å². The zero-order valence-corrected chi connectivity index (χ0v) is 16.0. The number of aliphatic carboxylic acids is 1. The zero-order chi connectivity index (χ0) is 19.3. The van der Waals surface area contributed by atoms with Gasteiger partial charge < -0.3 is 9.84 Å². The first-order valence-electron chi connectivity index (χ1n) is 10.1. The van der Waals surface area contributed by atoms with E-state index in [0.717, 1.165) is 46.2 Å². The fraction of sp³-hybridized carbons (Fsp3) is 0.391. The number of hydrogen-bond acceptors (Lipinski definition) is 3. The number of nitrogens with one attached hydrogen (secondary N) is 1. The van der Waals surface area contributed by atoms with Gasteiger partial charge in [0.25, 0.3) is 0 Å². The highest BCUT2D eigenvalue weighted by molar-refractivity contribution is 5.85. The van der Waals surface area contributed by atoms with Crippen molar-refractivity contribution in [2.24, 2.45) is 0 Å². The number of nitrogens with zero attached hydrogens (tertiary/aromatic N) is 1. The normalized spacial score (nSPS) is 15.4. The minimum atomic E-state index is -0.778. The Kier molecular flexibility index (Phi) is 5.60. The number of carboxylic acids is 1. The molecule has 1 aromatic heterocycles. The van der Waals surface area contributed by atoms with Crippen LogP contribution in [0.15, 0.2) is 42.6 Å². The largest absolute Gasteiger partial charge is 0.490 e. The second-order valence-corrected chi connectivity index (χ2v) is 7.63. The maximum absolute atomic E-state index is 11.0. The van der Waals surface area contributed by atoms with E-state index >= 15 is 0 Å². The minimum Gasteiger partial charge on any atom is -0.490 e. The molecule has 1 aliphatic rings. The molecule has 0 bridgehead atoms. The molecule has 0 radical (unpaired) electrons. The monoisotopic (exact) mass is 378 g/mol. The van der Waals surface area contributed by atoms with E-state index in [9.17, 15) is 4.79 Å². The molecule has 4 rings (SSSR count). The predicted octanol–water partition coefficient (Wildman–Crippen LogP) is 5.35. The first kappa shape index (κ1) is 18.5. The number of H-pyrrole nitrogens is 1. The number of hydrogen-bond donors (Lipinski definition) is 2. The van der Waals surface area contributed by atoms with Gasteiger partial charge in [0.1, 0.15) is 5.75 Å². The van der Waals surface area contributed by atoms with Crippen molar-refractivity contribution in [2.45, 2.75) is 57.5 Å². The van der Waals surface area contributed by atoms with Crippen LogP contribution < -0.4 is 4.74 Å². The molecule has 28 heavy (non-hydrogen) atoms. The van der Waals surface area contributed by atoms with E-state index in [4.69, 9.17) is 9.84 Å². The number of carboxylic acid groups (broad SMARTS) is 1. The third kappa shape index (κ3) is 4.35. The van der Waals surface area contributed by atoms with Crippen molar-refractivity contribution in [1.29, 1.82) is 0 Å². The number of aryl methyl sites for hydroxylation is 1. The first-order valence-corrected chi connectivity index (χ1v) is 10.1. The highest BCUT2D eigenvalue weighted by Crippen LogP contribution is 2.35. The summed E-state index contributed by atoms with van der Waals surface area (Å²) in [6, 6.07) is 12.3. The van der Waals surface area contributed by atoms with Crippen molar-refractivity contribution in [1.82, 2.24) is 10.2 Å². The van der Waals surface area contributed by atoms with Gasteiger partial charge in [-0.1, -0.05) is 25.0 Å². The van der Waals surface area contributed by atoms with E-state index in [0.29, 0.717) is 6.42 Å². The van der Waals surface area contributed by atoms with Crippen LogP contribution in [0.3, 0.4) is 0 Å². The van der Waals surface area contributed by atoms with E-state index in [1.54, 1.807) is 0 Å². The molecule has 5 heteroatoms. The number of aromatic amines is 1. The summed E-state index contributed by atoms with van der Waals surface area (Å²) in [6.07, 6.45) is 9.93. The smallest absolute Gasteiger partial charge is 0.303 e. The maximum Gasteiger partial charge on any atom is 0.303 e. The lowest BCUT2D eigenvalue weighted by atomic mass is 9.98. The van der Waals surface area contributed by atoms with Crippen molar-refractivity contribution >= 4 is 16.9 Å². The lowest BCUT2D eigenvalue weighted by Crippen LogP contribution is -2.15. The SMILES string of the molecule is O=C(O)CCc1ccc(OC2CCCCCC2)c(-c2ccc3[nH]ncc3c2)c1. The van der Waals surface area contributed by atoms with Gasteiger partial charge in [-0.3, -0.25) is 9.89 Å². The molecule has 1 fully saturated rings. The van der Waals surface area contributed by atoms with Gasteiger partial charge in [-0.05, 0) is 67.5 Å². The number of fused-ring (bicyclic) bond motifs is 1. The quantitative estimate of drug-likeness (QED) is 0.567. The lowest BCUT2D eigenvalue weighted by molar-refractivity contribution is -0.136. The Balaban J connectivity index is 1.68. The molecule has 0 aliphatic heterocycles. The number of benzene rings is 2. The fourth-order valence-corrected chi connectivity index (χ4v) is 3.96. The van der Waals surface area contributed by atoms with Crippen molar-refractivity contribution in [3.05, 3.63) is 48.2 Å². The Morgan fingerprint density at radius 1 is 1.11 bits per heavy atom. The summed E-state index contributed by atoms with van der Waals surface area (Å²) in [5.41, 5.74) is 4.10. The highest BCUT2D eigenvalue weighted by atomic mass is 16.5. The molecule has 2 N–H and O–H groups in total. The average molecular weight is 378 g/mol. The second-order valence-electron chi connectivity index (χ2n) is 7.63. The Hall–Kier alpha value is -2.82. The summed E-state index contributed by atoms with van der Waals surface area (Å²) in [6.45, 7) is 0. The summed E-state index contributed by atoms with van der Waals surface area (Å²) in [7, 11) is 0. The van der Waals surface area contributed by atoms with Gasteiger partial charge in [-0.15, -0.1) is 0 Å². The topological polar surface area (TPSA) is 75.2 Å². The Morgan fingerprint density at radius 2 is 1.93 bits per heavy atom. The molecule has 5 nitrogen and oxygen atoms in total. The molecule has 0 saturated heterocycles. The van der Waals surface area contributed by atoms with E-state index in [-0.39, 0.29) is 12.5 Å². The predicted molar refractivity (Wildman–Crippen MR) is 110 cm³/mol. The van der Waals surface area contributed by atoms with Crippen LogP contribution in [-0.2, 0) is 11.2 Å². The van der Waals surface area contributed by atoms with Crippen molar-refractivity contribution in [2.75, 3.05) is 0 Å². The van der Waals surface area contributed by atoms with Gasteiger partial charge in [0.05, 0.1) is 17.8 Å². The van der Waals surface area contributed by atoms with E-state index < -0.39 is 5.97 Å².